The van der Waals surface area contributed by atoms with E-state index < -0.39 is 29.3 Å². The largest absolute Gasteiger partial charge is 0.388 e. The number of benzene rings is 1. The molecule has 0 radical (unpaired) electrons. The van der Waals surface area contributed by atoms with Gasteiger partial charge in [0, 0.05) is 18.2 Å². The van der Waals surface area contributed by atoms with Crippen molar-refractivity contribution in [3.63, 3.8) is 0 Å². The summed E-state index contributed by atoms with van der Waals surface area (Å²) in [6.07, 6.45) is 3.74. The SMILES string of the molecule is CCC(NC(=O)NCC1(O)CCCC1)c1ccc(F)cc1F. The van der Waals surface area contributed by atoms with Gasteiger partial charge in [-0.1, -0.05) is 25.8 Å². The van der Waals surface area contributed by atoms with E-state index in [9.17, 15) is 18.7 Å². The third-order valence-electron chi connectivity index (χ3n) is 4.16. The Kier molecular flexibility index (Phi) is 5.34. The fourth-order valence-corrected chi connectivity index (χ4v) is 2.85. The Morgan fingerprint density at radius 1 is 1.36 bits per heavy atom. The van der Waals surface area contributed by atoms with Crippen LogP contribution in [0.5, 0.6) is 0 Å². The minimum absolute atomic E-state index is 0.182. The summed E-state index contributed by atoms with van der Waals surface area (Å²) in [4.78, 5) is 11.9. The maximum atomic E-state index is 13.8. The molecule has 1 unspecified atom stereocenters. The molecule has 0 saturated heterocycles. The molecule has 22 heavy (non-hydrogen) atoms. The van der Waals surface area contributed by atoms with Crippen LogP contribution in [0.25, 0.3) is 0 Å². The maximum Gasteiger partial charge on any atom is 0.315 e. The number of rotatable bonds is 5. The monoisotopic (exact) mass is 312 g/mol. The van der Waals surface area contributed by atoms with Gasteiger partial charge in [-0.15, -0.1) is 0 Å². The summed E-state index contributed by atoms with van der Waals surface area (Å²) < 4.78 is 26.7. The number of hydrogen-bond donors (Lipinski definition) is 3. The zero-order chi connectivity index (χ0) is 16.2. The van der Waals surface area contributed by atoms with E-state index in [1.807, 2.05) is 0 Å². The minimum Gasteiger partial charge on any atom is -0.388 e. The molecule has 1 aromatic rings. The molecule has 2 amide bonds. The molecule has 0 bridgehead atoms. The Balaban J connectivity index is 1.93. The predicted octanol–water partition coefficient (Wildman–Crippen LogP) is 3.02. The number of hydrogen-bond acceptors (Lipinski definition) is 2. The second-order valence-electron chi connectivity index (χ2n) is 5.89. The first kappa shape index (κ1) is 16.7. The first-order valence-electron chi connectivity index (χ1n) is 7.65. The molecule has 0 heterocycles. The average Bonchev–Trinajstić information content (AvgIpc) is 2.91. The quantitative estimate of drug-likeness (QED) is 0.782. The van der Waals surface area contributed by atoms with Crippen molar-refractivity contribution in [2.24, 2.45) is 0 Å². The van der Waals surface area contributed by atoms with Crippen molar-refractivity contribution in [3.05, 3.63) is 35.4 Å². The highest BCUT2D eigenvalue weighted by molar-refractivity contribution is 5.74. The Morgan fingerprint density at radius 2 is 2.05 bits per heavy atom. The number of aliphatic hydroxyl groups is 1. The molecule has 0 aliphatic heterocycles. The minimum atomic E-state index is -0.833. The van der Waals surface area contributed by atoms with Gasteiger partial charge in [0.15, 0.2) is 0 Å². The number of halogens is 2. The van der Waals surface area contributed by atoms with E-state index in [1.54, 1.807) is 6.92 Å². The lowest BCUT2D eigenvalue weighted by molar-refractivity contribution is 0.0500. The Labute approximate surface area is 128 Å². The van der Waals surface area contributed by atoms with E-state index in [0.29, 0.717) is 19.3 Å². The summed E-state index contributed by atoms with van der Waals surface area (Å²) in [6.45, 7) is 1.99. The molecule has 1 aliphatic carbocycles. The van der Waals surface area contributed by atoms with Gasteiger partial charge in [-0.05, 0) is 25.3 Å². The van der Waals surface area contributed by atoms with Gasteiger partial charge in [-0.3, -0.25) is 0 Å². The summed E-state index contributed by atoms with van der Waals surface area (Å²) >= 11 is 0. The fraction of sp³-hybridized carbons (Fsp3) is 0.562. The van der Waals surface area contributed by atoms with Crippen LogP contribution in [0.2, 0.25) is 0 Å². The third kappa shape index (κ3) is 4.16. The van der Waals surface area contributed by atoms with Crippen LogP contribution < -0.4 is 10.6 Å². The van der Waals surface area contributed by atoms with Crippen molar-refractivity contribution in [2.75, 3.05) is 6.54 Å². The number of carbonyl (C=O) groups excluding carboxylic acids is 1. The number of amides is 2. The van der Waals surface area contributed by atoms with Crippen LogP contribution in [0.3, 0.4) is 0 Å². The van der Waals surface area contributed by atoms with Crippen molar-refractivity contribution in [3.8, 4) is 0 Å². The summed E-state index contributed by atoms with van der Waals surface area (Å²) in [6, 6.07) is 2.30. The number of carbonyl (C=O) groups is 1. The first-order valence-corrected chi connectivity index (χ1v) is 7.65. The molecule has 4 nitrogen and oxygen atoms in total. The van der Waals surface area contributed by atoms with Crippen LogP contribution in [0.4, 0.5) is 13.6 Å². The summed E-state index contributed by atoms with van der Waals surface area (Å²) in [7, 11) is 0. The van der Waals surface area contributed by atoms with Gasteiger partial charge in [0.05, 0.1) is 11.6 Å². The molecule has 0 aromatic heterocycles. The van der Waals surface area contributed by atoms with Gasteiger partial charge in [0.2, 0.25) is 0 Å². The van der Waals surface area contributed by atoms with Crippen LogP contribution in [0.1, 0.15) is 50.6 Å². The molecule has 3 N–H and O–H groups in total. The molecule has 2 rings (SSSR count). The lowest BCUT2D eigenvalue weighted by Gasteiger charge is -2.24. The van der Waals surface area contributed by atoms with Crippen LogP contribution in [0, 0.1) is 11.6 Å². The van der Waals surface area contributed by atoms with Crippen molar-refractivity contribution < 1.29 is 18.7 Å². The molecule has 122 valence electrons. The molecule has 0 spiro atoms. The van der Waals surface area contributed by atoms with E-state index >= 15 is 0 Å². The lowest BCUT2D eigenvalue weighted by atomic mass is 10.0. The molecular formula is C16H22F2N2O2. The second kappa shape index (κ2) is 7.05. The highest BCUT2D eigenvalue weighted by atomic mass is 19.1. The van der Waals surface area contributed by atoms with Crippen molar-refractivity contribution >= 4 is 6.03 Å². The smallest absolute Gasteiger partial charge is 0.315 e. The van der Waals surface area contributed by atoms with Crippen LogP contribution in [-0.2, 0) is 0 Å². The normalized spacial score (nSPS) is 18.0. The second-order valence-corrected chi connectivity index (χ2v) is 5.89. The topological polar surface area (TPSA) is 61.4 Å². The number of urea groups is 1. The lowest BCUT2D eigenvalue weighted by Crippen LogP contribution is -2.45. The van der Waals surface area contributed by atoms with E-state index in [2.05, 4.69) is 10.6 Å². The third-order valence-corrected chi connectivity index (χ3v) is 4.16. The van der Waals surface area contributed by atoms with Crippen LogP contribution in [0.15, 0.2) is 18.2 Å². The summed E-state index contributed by atoms with van der Waals surface area (Å²) in [5.41, 5.74) is -0.584. The Morgan fingerprint density at radius 3 is 2.64 bits per heavy atom. The van der Waals surface area contributed by atoms with Gasteiger partial charge >= 0.3 is 6.03 Å². The van der Waals surface area contributed by atoms with Gasteiger partial charge in [-0.25, -0.2) is 13.6 Å². The van der Waals surface area contributed by atoms with Crippen LogP contribution >= 0.6 is 0 Å². The maximum absolute atomic E-state index is 13.8. The predicted molar refractivity (Wildman–Crippen MR) is 79.3 cm³/mol. The molecular weight excluding hydrogens is 290 g/mol. The highest BCUT2D eigenvalue weighted by Gasteiger charge is 2.31. The molecule has 1 fully saturated rings. The Bertz CT molecular complexity index is 531. The molecule has 1 aliphatic rings. The van der Waals surface area contributed by atoms with Gasteiger partial charge in [-0.2, -0.15) is 0 Å². The zero-order valence-electron chi connectivity index (χ0n) is 12.7. The van der Waals surface area contributed by atoms with E-state index in [1.165, 1.54) is 12.1 Å². The highest BCUT2D eigenvalue weighted by Crippen LogP contribution is 2.28. The molecule has 1 atom stereocenters. The van der Waals surface area contributed by atoms with Gasteiger partial charge in [0.1, 0.15) is 11.6 Å². The van der Waals surface area contributed by atoms with Crippen LogP contribution in [-0.4, -0.2) is 23.3 Å². The molecule has 1 aromatic carbocycles. The summed E-state index contributed by atoms with van der Waals surface area (Å²) in [5, 5.41) is 15.5. The Hall–Kier alpha value is -1.69. The van der Waals surface area contributed by atoms with Gasteiger partial charge in [0.25, 0.3) is 0 Å². The number of nitrogens with one attached hydrogen (secondary N) is 2. The van der Waals surface area contributed by atoms with Crippen molar-refractivity contribution in [1.82, 2.24) is 10.6 Å². The summed E-state index contributed by atoms with van der Waals surface area (Å²) in [5.74, 6) is -1.33. The average molecular weight is 312 g/mol. The standard InChI is InChI=1S/C16H22F2N2O2/c1-2-14(12-6-5-11(17)9-13(12)18)20-15(21)19-10-16(22)7-3-4-8-16/h5-6,9,14,22H,2-4,7-8,10H2,1H3,(H2,19,20,21). The molecule has 1 saturated carbocycles. The van der Waals surface area contributed by atoms with E-state index in [4.69, 9.17) is 0 Å². The van der Waals surface area contributed by atoms with Crippen molar-refractivity contribution in [1.29, 1.82) is 0 Å². The van der Waals surface area contributed by atoms with E-state index in [0.717, 1.165) is 18.9 Å². The fourth-order valence-electron chi connectivity index (χ4n) is 2.85. The van der Waals surface area contributed by atoms with E-state index in [-0.39, 0.29) is 12.1 Å². The molecule has 6 heteroatoms. The zero-order valence-corrected chi connectivity index (χ0v) is 12.7. The first-order chi connectivity index (χ1) is 10.4. The van der Waals surface area contributed by atoms with Crippen molar-refractivity contribution in [2.45, 2.75) is 50.7 Å². The van der Waals surface area contributed by atoms with Gasteiger partial charge < -0.3 is 15.7 Å².